The number of nitrogens with zero attached hydrogens (tertiary/aromatic N) is 3. The Hall–Kier alpha value is -5.07. The number of nitrogens with one attached hydrogen (secondary N) is 1. The van der Waals surface area contributed by atoms with Crippen molar-refractivity contribution >= 4 is 28.7 Å². The minimum Gasteiger partial charge on any atom is -0.480 e. The smallest absolute Gasteiger partial charge is 0.323 e. The normalized spacial score (nSPS) is 10.3. The Morgan fingerprint density at radius 1 is 1.00 bits per heavy atom. The monoisotopic (exact) mass is 479 g/mol. The van der Waals surface area contributed by atoms with E-state index < -0.39 is 11.9 Å². The summed E-state index contributed by atoms with van der Waals surface area (Å²) in [5.41, 5.74) is 6.44. The van der Waals surface area contributed by atoms with E-state index in [1.807, 2.05) is 24.3 Å². The highest BCUT2D eigenvalue weighted by molar-refractivity contribution is 6.06. The van der Waals surface area contributed by atoms with Gasteiger partial charge in [-0.1, -0.05) is 24.0 Å². The molecule has 0 spiro atoms. The average Bonchev–Trinajstić information content (AvgIpc) is 2.90. The molecule has 2 heterocycles. The summed E-state index contributed by atoms with van der Waals surface area (Å²) in [5.74, 6) is 9.58. The van der Waals surface area contributed by atoms with Crippen LogP contribution in [0.25, 0.3) is 22.2 Å². The number of nitrogen functional groups attached to an aromatic ring is 1. The first-order valence-electron chi connectivity index (χ1n) is 10.8. The van der Waals surface area contributed by atoms with E-state index in [2.05, 4.69) is 27.2 Å². The number of hydrogen-bond donors (Lipinski definition) is 3. The Bertz CT molecular complexity index is 1520. The molecule has 36 heavy (non-hydrogen) atoms. The zero-order valence-corrected chi connectivity index (χ0v) is 19.2. The van der Waals surface area contributed by atoms with Crippen molar-refractivity contribution in [3.8, 4) is 23.1 Å². The lowest BCUT2D eigenvalue weighted by Gasteiger charge is -2.14. The Morgan fingerprint density at radius 2 is 1.64 bits per heavy atom. The topological polar surface area (TPSA) is 139 Å². The van der Waals surface area contributed by atoms with Crippen LogP contribution in [0.5, 0.6) is 0 Å². The van der Waals surface area contributed by atoms with E-state index in [-0.39, 0.29) is 12.5 Å². The van der Waals surface area contributed by atoms with Gasteiger partial charge >= 0.3 is 5.97 Å². The zero-order valence-electron chi connectivity index (χ0n) is 19.2. The molecule has 4 N–H and O–H groups in total. The molecule has 9 nitrogen and oxygen atoms in total. The second-order valence-corrected chi connectivity index (χ2v) is 7.88. The number of aliphatic carboxylic acids is 1. The average molecular weight is 479 g/mol. The summed E-state index contributed by atoms with van der Waals surface area (Å²) >= 11 is 0. The number of fused-ring (bicyclic) bond motifs is 1. The highest BCUT2D eigenvalue weighted by Crippen LogP contribution is 2.24. The molecule has 0 unspecified atom stereocenters. The fraction of sp³-hybridized carbons (Fsp3) is 0.0741. The van der Waals surface area contributed by atoms with Gasteiger partial charge in [-0.3, -0.25) is 24.8 Å². The summed E-state index contributed by atoms with van der Waals surface area (Å²) in [6.07, 6.45) is 3.19. The number of carboxylic acid groups (broad SMARTS) is 1. The molecule has 0 atom stereocenters. The Kier molecular flexibility index (Phi) is 6.99. The highest BCUT2D eigenvalue weighted by Gasteiger charge is 2.14. The van der Waals surface area contributed by atoms with Gasteiger partial charge in [0.15, 0.2) is 0 Å². The standard InChI is InChI=1S/C27H21N5O4/c1-32(16-25(33)34)27(36)20-10-6-18(7-11-20)3-2-17-4-8-19(9-5-17)24-14-21(26(35)31-28)22-15-29-13-12-23(22)30-24/h4-15H,16,28H2,1H3,(H,31,35)(H,33,34). The van der Waals surface area contributed by atoms with Crippen LogP contribution in [-0.2, 0) is 4.79 Å². The van der Waals surface area contributed by atoms with Crippen molar-refractivity contribution in [3.63, 3.8) is 0 Å². The van der Waals surface area contributed by atoms with Gasteiger partial charge in [-0.25, -0.2) is 10.8 Å². The van der Waals surface area contributed by atoms with Crippen LogP contribution in [0.2, 0.25) is 0 Å². The minimum absolute atomic E-state index is 0.371. The summed E-state index contributed by atoms with van der Waals surface area (Å²) in [7, 11) is 1.44. The summed E-state index contributed by atoms with van der Waals surface area (Å²) in [6, 6.07) is 17.5. The zero-order chi connectivity index (χ0) is 25.7. The lowest BCUT2D eigenvalue weighted by Crippen LogP contribution is -2.31. The van der Waals surface area contributed by atoms with Crippen LogP contribution in [0.15, 0.2) is 73.1 Å². The van der Waals surface area contributed by atoms with E-state index in [0.29, 0.717) is 33.3 Å². The van der Waals surface area contributed by atoms with E-state index >= 15 is 0 Å². The third kappa shape index (κ3) is 5.35. The maximum Gasteiger partial charge on any atom is 0.323 e. The van der Waals surface area contributed by atoms with E-state index in [9.17, 15) is 14.4 Å². The van der Waals surface area contributed by atoms with Gasteiger partial charge in [-0.05, 0) is 48.5 Å². The molecular formula is C27H21N5O4. The lowest BCUT2D eigenvalue weighted by molar-refractivity contribution is -0.137. The number of pyridine rings is 2. The van der Waals surface area contributed by atoms with Gasteiger partial charge in [-0.2, -0.15) is 0 Å². The number of nitrogens with two attached hydrogens (primary N) is 1. The molecule has 4 aromatic rings. The van der Waals surface area contributed by atoms with Crippen molar-refractivity contribution in [2.24, 2.45) is 5.84 Å². The first-order valence-corrected chi connectivity index (χ1v) is 10.8. The molecule has 0 radical (unpaired) electrons. The number of amides is 2. The predicted molar refractivity (Wildman–Crippen MR) is 134 cm³/mol. The third-order valence-electron chi connectivity index (χ3n) is 5.37. The first-order chi connectivity index (χ1) is 17.4. The van der Waals surface area contributed by atoms with Gasteiger partial charge in [0, 0.05) is 47.1 Å². The lowest BCUT2D eigenvalue weighted by atomic mass is 10.0. The van der Waals surface area contributed by atoms with E-state index in [0.717, 1.165) is 16.0 Å². The quantitative estimate of drug-likeness (QED) is 0.173. The SMILES string of the molecule is CN(CC(=O)O)C(=O)c1ccc(C#Cc2ccc(-c3cc(C(=O)NN)c4cnccc4n3)cc2)cc1. The van der Waals surface area contributed by atoms with Crippen molar-refractivity contribution < 1.29 is 19.5 Å². The fourth-order valence-electron chi connectivity index (χ4n) is 3.54. The summed E-state index contributed by atoms with van der Waals surface area (Å²) in [5, 5.41) is 9.44. The molecule has 0 saturated carbocycles. The van der Waals surface area contributed by atoms with Crippen LogP contribution < -0.4 is 11.3 Å². The van der Waals surface area contributed by atoms with E-state index in [1.54, 1.807) is 48.8 Å². The molecule has 0 saturated heterocycles. The molecule has 0 bridgehead atoms. The molecule has 2 amide bonds. The maximum absolute atomic E-state index is 12.3. The number of aromatic nitrogens is 2. The largest absolute Gasteiger partial charge is 0.480 e. The molecular weight excluding hydrogens is 458 g/mol. The summed E-state index contributed by atoms with van der Waals surface area (Å²) in [4.78, 5) is 45.1. The molecule has 0 aliphatic heterocycles. The van der Waals surface area contributed by atoms with Gasteiger partial charge in [0.25, 0.3) is 11.8 Å². The molecule has 9 heteroatoms. The number of benzene rings is 2. The second-order valence-electron chi connectivity index (χ2n) is 7.88. The Labute approximate surface area is 206 Å². The number of hydrogen-bond acceptors (Lipinski definition) is 6. The maximum atomic E-state index is 12.3. The molecule has 2 aromatic carbocycles. The molecule has 0 fully saturated rings. The van der Waals surface area contributed by atoms with Gasteiger partial charge in [0.2, 0.25) is 0 Å². The Morgan fingerprint density at radius 3 is 2.25 bits per heavy atom. The van der Waals surface area contributed by atoms with Gasteiger partial charge in [-0.15, -0.1) is 0 Å². The van der Waals surface area contributed by atoms with Crippen LogP contribution in [0.3, 0.4) is 0 Å². The Balaban J connectivity index is 1.53. The van der Waals surface area contributed by atoms with Crippen molar-refractivity contribution in [2.45, 2.75) is 0 Å². The predicted octanol–water partition coefficient (Wildman–Crippen LogP) is 2.46. The van der Waals surface area contributed by atoms with Crippen molar-refractivity contribution in [1.82, 2.24) is 20.3 Å². The van der Waals surface area contributed by atoms with Gasteiger partial charge in [0.1, 0.15) is 6.54 Å². The second kappa shape index (κ2) is 10.5. The molecule has 4 rings (SSSR count). The number of likely N-dealkylation sites (N-methyl/N-ethyl adjacent to an activating group) is 1. The van der Waals surface area contributed by atoms with Crippen LogP contribution in [-0.4, -0.2) is 51.4 Å². The van der Waals surface area contributed by atoms with Crippen molar-refractivity contribution in [3.05, 3.63) is 95.3 Å². The van der Waals surface area contributed by atoms with Crippen LogP contribution in [0, 0.1) is 11.8 Å². The fourth-order valence-corrected chi connectivity index (χ4v) is 3.54. The molecule has 0 aliphatic rings. The molecule has 178 valence electrons. The van der Waals surface area contributed by atoms with E-state index in [1.165, 1.54) is 7.05 Å². The number of rotatable bonds is 5. The summed E-state index contributed by atoms with van der Waals surface area (Å²) < 4.78 is 0. The minimum atomic E-state index is -1.07. The van der Waals surface area contributed by atoms with Crippen LogP contribution in [0.1, 0.15) is 31.8 Å². The number of carbonyl (C=O) groups is 3. The highest BCUT2D eigenvalue weighted by atomic mass is 16.4. The number of hydrazine groups is 1. The first kappa shape index (κ1) is 24.1. The number of carbonyl (C=O) groups excluding carboxylic acids is 2. The van der Waals surface area contributed by atoms with Gasteiger partial charge in [0.05, 0.1) is 16.8 Å². The van der Waals surface area contributed by atoms with Crippen LogP contribution >= 0.6 is 0 Å². The third-order valence-corrected chi connectivity index (χ3v) is 5.37. The summed E-state index contributed by atoms with van der Waals surface area (Å²) in [6.45, 7) is -0.371. The van der Waals surface area contributed by atoms with E-state index in [4.69, 9.17) is 10.9 Å². The molecule has 2 aromatic heterocycles. The van der Waals surface area contributed by atoms with Crippen LogP contribution in [0.4, 0.5) is 0 Å². The van der Waals surface area contributed by atoms with Crippen molar-refractivity contribution in [1.29, 1.82) is 0 Å². The molecule has 0 aliphatic carbocycles. The number of carboxylic acids is 1. The van der Waals surface area contributed by atoms with Gasteiger partial charge < -0.3 is 10.0 Å². The van der Waals surface area contributed by atoms with Crippen molar-refractivity contribution in [2.75, 3.05) is 13.6 Å².